The van der Waals surface area contributed by atoms with Crippen LogP contribution in [0, 0.1) is 0 Å². The summed E-state index contributed by atoms with van der Waals surface area (Å²) in [5.74, 6) is -0.377. The van der Waals surface area contributed by atoms with Crippen molar-refractivity contribution < 1.29 is 27.5 Å². The second-order valence-electron chi connectivity index (χ2n) is 5.81. The van der Waals surface area contributed by atoms with Gasteiger partial charge in [-0.05, 0) is 30.7 Å². The first-order chi connectivity index (χ1) is 11.8. The highest BCUT2D eigenvalue weighted by Crippen LogP contribution is 2.18. The van der Waals surface area contributed by atoms with Crippen molar-refractivity contribution in [3.05, 3.63) is 29.8 Å². The van der Waals surface area contributed by atoms with Crippen molar-refractivity contribution in [2.24, 2.45) is 5.73 Å². The molecule has 2 rings (SSSR count). The van der Waals surface area contributed by atoms with Gasteiger partial charge in [0.1, 0.15) is 5.75 Å². The van der Waals surface area contributed by atoms with Crippen LogP contribution in [0.1, 0.15) is 16.8 Å². The number of rotatable bonds is 8. The summed E-state index contributed by atoms with van der Waals surface area (Å²) in [5, 5.41) is 0. The number of sulfone groups is 1. The Balaban J connectivity index is 1.97. The molecule has 1 aromatic rings. The lowest BCUT2D eigenvalue weighted by molar-refractivity contribution is -0.136. The van der Waals surface area contributed by atoms with Gasteiger partial charge in [-0.3, -0.25) is 9.59 Å². The molecule has 1 aromatic carbocycles. The number of nitrogens with zero attached hydrogens (tertiary/aromatic N) is 1. The Morgan fingerprint density at radius 1 is 1.28 bits per heavy atom. The molecule has 138 valence electrons. The number of methoxy groups -OCH3 is 1. The number of ether oxygens (including phenoxy) is 2. The van der Waals surface area contributed by atoms with Crippen LogP contribution in [0.5, 0.6) is 5.75 Å². The van der Waals surface area contributed by atoms with Crippen LogP contribution in [0.2, 0.25) is 0 Å². The highest BCUT2D eigenvalue weighted by atomic mass is 32.2. The Hall–Kier alpha value is -2.13. The van der Waals surface area contributed by atoms with Gasteiger partial charge in [0.25, 0.3) is 5.91 Å². The summed E-state index contributed by atoms with van der Waals surface area (Å²) < 4.78 is 33.8. The molecule has 0 unspecified atom stereocenters. The molecule has 1 fully saturated rings. The normalized spacial score (nSPS) is 18.7. The van der Waals surface area contributed by atoms with Crippen molar-refractivity contribution in [1.29, 1.82) is 0 Å². The molecule has 2 N–H and O–H groups in total. The van der Waals surface area contributed by atoms with E-state index in [1.807, 2.05) is 0 Å². The SMILES string of the molecule is COCCN(C(=O)COc1ccc(C(N)=O)cc1)[C@@H]1CCS(=O)(=O)C1. The van der Waals surface area contributed by atoms with Crippen molar-refractivity contribution >= 4 is 21.7 Å². The summed E-state index contributed by atoms with van der Waals surface area (Å²) in [5.41, 5.74) is 5.51. The van der Waals surface area contributed by atoms with Gasteiger partial charge >= 0.3 is 0 Å². The fourth-order valence-electron chi connectivity index (χ4n) is 2.67. The Morgan fingerprint density at radius 3 is 2.48 bits per heavy atom. The average Bonchev–Trinajstić information content (AvgIpc) is 2.93. The fourth-order valence-corrected chi connectivity index (χ4v) is 4.40. The van der Waals surface area contributed by atoms with Crippen molar-refractivity contribution in [2.75, 3.05) is 38.4 Å². The molecule has 0 saturated carbocycles. The number of hydrogen-bond donors (Lipinski definition) is 1. The maximum absolute atomic E-state index is 12.5. The Kier molecular flexibility index (Phi) is 6.38. The van der Waals surface area contributed by atoms with Crippen LogP contribution in [0.4, 0.5) is 0 Å². The molecule has 1 aliphatic heterocycles. The van der Waals surface area contributed by atoms with E-state index in [9.17, 15) is 18.0 Å². The van der Waals surface area contributed by atoms with Gasteiger partial charge in [-0.15, -0.1) is 0 Å². The number of amides is 2. The third-order valence-corrected chi connectivity index (χ3v) is 5.76. The summed E-state index contributed by atoms with van der Waals surface area (Å²) in [6, 6.07) is 5.76. The van der Waals surface area contributed by atoms with Gasteiger partial charge < -0.3 is 20.1 Å². The van der Waals surface area contributed by atoms with Crippen LogP contribution in [0.3, 0.4) is 0 Å². The number of hydrogen-bond acceptors (Lipinski definition) is 6. The molecule has 25 heavy (non-hydrogen) atoms. The molecule has 0 aliphatic carbocycles. The minimum atomic E-state index is -3.10. The van der Waals surface area contributed by atoms with Crippen molar-refractivity contribution in [1.82, 2.24) is 4.90 Å². The summed E-state index contributed by atoms with van der Waals surface area (Å²) in [6.45, 7) is 0.394. The van der Waals surface area contributed by atoms with Gasteiger partial charge in [-0.2, -0.15) is 0 Å². The third kappa shape index (κ3) is 5.43. The van der Waals surface area contributed by atoms with E-state index in [1.54, 1.807) is 12.1 Å². The lowest BCUT2D eigenvalue weighted by Crippen LogP contribution is -2.45. The maximum Gasteiger partial charge on any atom is 0.260 e. The molecular weight excluding hydrogens is 348 g/mol. The molecule has 1 saturated heterocycles. The van der Waals surface area contributed by atoms with E-state index < -0.39 is 15.7 Å². The first kappa shape index (κ1) is 19.2. The Labute approximate surface area is 146 Å². The molecule has 8 nitrogen and oxygen atoms in total. The van der Waals surface area contributed by atoms with Gasteiger partial charge in [0.2, 0.25) is 5.91 Å². The smallest absolute Gasteiger partial charge is 0.260 e. The number of nitrogens with two attached hydrogens (primary N) is 1. The minimum Gasteiger partial charge on any atom is -0.484 e. The van der Waals surface area contributed by atoms with Crippen molar-refractivity contribution in [2.45, 2.75) is 12.5 Å². The average molecular weight is 370 g/mol. The lowest BCUT2D eigenvalue weighted by atomic mass is 10.2. The molecule has 1 atom stereocenters. The summed E-state index contributed by atoms with van der Waals surface area (Å²) in [7, 11) is -1.58. The molecule has 1 heterocycles. The summed E-state index contributed by atoms with van der Waals surface area (Å²) in [6.07, 6.45) is 0.422. The molecule has 1 aliphatic rings. The zero-order chi connectivity index (χ0) is 18.4. The second-order valence-corrected chi connectivity index (χ2v) is 8.04. The molecular formula is C16H22N2O6S. The second kappa shape index (κ2) is 8.30. The number of primary amides is 1. The first-order valence-corrected chi connectivity index (χ1v) is 9.66. The number of benzene rings is 1. The monoisotopic (exact) mass is 370 g/mol. The molecule has 0 spiro atoms. The molecule has 0 aromatic heterocycles. The predicted octanol–water partition coefficient (Wildman–Crippen LogP) is -0.174. The predicted molar refractivity (Wildman–Crippen MR) is 91.1 cm³/mol. The van der Waals surface area contributed by atoms with Gasteiger partial charge in [-0.25, -0.2) is 8.42 Å². The van der Waals surface area contributed by atoms with E-state index in [2.05, 4.69) is 0 Å². The number of carbonyl (C=O) groups excluding carboxylic acids is 2. The van der Waals surface area contributed by atoms with E-state index in [4.69, 9.17) is 15.2 Å². The zero-order valence-corrected chi connectivity index (χ0v) is 14.8. The zero-order valence-electron chi connectivity index (χ0n) is 14.0. The minimum absolute atomic E-state index is 0.0320. The maximum atomic E-state index is 12.5. The van der Waals surface area contributed by atoms with Crippen LogP contribution < -0.4 is 10.5 Å². The highest BCUT2D eigenvalue weighted by Gasteiger charge is 2.34. The fraction of sp³-hybridized carbons (Fsp3) is 0.500. The van der Waals surface area contributed by atoms with Crippen LogP contribution in [0.25, 0.3) is 0 Å². The quantitative estimate of drug-likeness (QED) is 0.679. The molecule has 9 heteroatoms. The largest absolute Gasteiger partial charge is 0.484 e. The van der Waals surface area contributed by atoms with Gasteiger partial charge in [0, 0.05) is 25.3 Å². The van der Waals surface area contributed by atoms with Crippen LogP contribution in [0.15, 0.2) is 24.3 Å². The third-order valence-electron chi connectivity index (χ3n) is 4.01. The molecule has 0 bridgehead atoms. The van der Waals surface area contributed by atoms with Crippen LogP contribution in [-0.2, 0) is 19.4 Å². The molecule has 0 radical (unpaired) electrons. The van der Waals surface area contributed by atoms with Crippen LogP contribution >= 0.6 is 0 Å². The van der Waals surface area contributed by atoms with E-state index >= 15 is 0 Å². The van der Waals surface area contributed by atoms with E-state index in [-0.39, 0.29) is 30.1 Å². The first-order valence-electron chi connectivity index (χ1n) is 7.84. The lowest BCUT2D eigenvalue weighted by Gasteiger charge is -2.28. The van der Waals surface area contributed by atoms with E-state index in [1.165, 1.54) is 24.1 Å². The highest BCUT2D eigenvalue weighted by molar-refractivity contribution is 7.91. The van der Waals surface area contributed by atoms with E-state index in [0.717, 1.165) is 0 Å². The molecule has 2 amide bonds. The van der Waals surface area contributed by atoms with Crippen molar-refractivity contribution in [3.63, 3.8) is 0 Å². The number of carbonyl (C=O) groups is 2. The van der Waals surface area contributed by atoms with Gasteiger partial charge in [0.15, 0.2) is 16.4 Å². The summed E-state index contributed by atoms with van der Waals surface area (Å²) in [4.78, 5) is 25.0. The van der Waals surface area contributed by atoms with E-state index in [0.29, 0.717) is 30.9 Å². The van der Waals surface area contributed by atoms with Gasteiger partial charge in [0.05, 0.1) is 18.1 Å². The topological polar surface area (TPSA) is 116 Å². The van der Waals surface area contributed by atoms with Crippen LogP contribution in [-0.4, -0.2) is 69.5 Å². The van der Waals surface area contributed by atoms with Gasteiger partial charge in [-0.1, -0.05) is 0 Å². The Morgan fingerprint density at radius 2 is 1.96 bits per heavy atom. The van der Waals surface area contributed by atoms with Crippen molar-refractivity contribution in [3.8, 4) is 5.75 Å². The Bertz CT molecular complexity index is 717. The summed E-state index contributed by atoms with van der Waals surface area (Å²) >= 11 is 0. The standard InChI is InChI=1S/C16H22N2O6S/c1-23-8-7-18(13-6-9-25(21,22)11-13)15(19)10-24-14-4-2-12(3-5-14)16(17)20/h2-5,13H,6-11H2,1H3,(H2,17,20)/t13-/m1/s1.